The first kappa shape index (κ1) is 10.6. The molecule has 6 nitrogen and oxygen atoms in total. The third kappa shape index (κ3) is 2.50. The van der Waals surface area contributed by atoms with Crippen molar-refractivity contribution in [2.45, 2.75) is 24.6 Å². The van der Waals surface area contributed by atoms with Gasteiger partial charge in [0.05, 0.1) is 0 Å². The molecule has 1 fully saturated rings. The van der Waals surface area contributed by atoms with Crippen LogP contribution < -0.4 is 0 Å². The van der Waals surface area contributed by atoms with Gasteiger partial charge in [0.25, 0.3) is 0 Å². The van der Waals surface area contributed by atoms with Crippen LogP contribution in [0.1, 0.15) is 0 Å². The van der Waals surface area contributed by atoms with Crippen molar-refractivity contribution in [2.75, 3.05) is 0 Å². The van der Waals surface area contributed by atoms with Gasteiger partial charge in [0.2, 0.25) is 0 Å². The summed E-state index contributed by atoms with van der Waals surface area (Å²) in [5.41, 5.74) is 0. The summed E-state index contributed by atoms with van der Waals surface area (Å²) in [6.45, 7) is 0. The quantitative estimate of drug-likeness (QED) is 0.296. The number of hydrogen-bond donors (Lipinski definition) is 5. The van der Waals surface area contributed by atoms with E-state index in [1.807, 2.05) is 0 Å². The minimum absolute atomic E-state index is 0.924. The topological polar surface area (TPSA) is 110 Å². The van der Waals surface area contributed by atoms with Crippen molar-refractivity contribution < 1.29 is 30.1 Å². The van der Waals surface area contributed by atoms with Crippen LogP contribution in [0.25, 0.3) is 0 Å². The van der Waals surface area contributed by atoms with Crippen LogP contribution in [0.4, 0.5) is 0 Å². The van der Waals surface area contributed by atoms with Gasteiger partial charge in [-0.15, -0.1) is 0 Å². The van der Waals surface area contributed by atoms with E-state index < -0.39 is 31.7 Å². The predicted octanol–water partition coefficient (Wildman–Crippen LogP) is -3.01. The van der Waals surface area contributed by atoms with E-state index in [0.717, 1.165) is 12.1 Å². The molecule has 7 heteroatoms. The Kier molecular flexibility index (Phi) is 3.43. The monoisotopic (exact) mass is 190 g/mol. The smallest absolute Gasteiger partial charge is 0.424 e. The molecule has 1 heterocycles. The third-order valence-electron chi connectivity index (χ3n) is 1.75. The van der Waals surface area contributed by atoms with E-state index in [4.69, 9.17) is 20.3 Å². The third-order valence-corrected chi connectivity index (χ3v) is 1.75. The fourth-order valence-corrected chi connectivity index (χ4v) is 1.05. The Hall–Kier alpha value is -0.435. The molecule has 0 amide bonds. The Labute approximate surface area is 74.8 Å². The maximum absolute atomic E-state index is 9.19. The number of aliphatic hydroxyl groups is 3. The van der Waals surface area contributed by atoms with Gasteiger partial charge >= 0.3 is 7.12 Å². The average Bonchev–Trinajstić information content (AvgIpc) is 2.29. The fraction of sp³-hybridized carbons (Fsp3) is 0.667. The van der Waals surface area contributed by atoms with E-state index in [1.54, 1.807) is 0 Å². The van der Waals surface area contributed by atoms with E-state index in [1.165, 1.54) is 0 Å². The van der Waals surface area contributed by atoms with Crippen LogP contribution in [0, 0.1) is 0 Å². The Balaban J connectivity index is 2.53. The lowest BCUT2D eigenvalue weighted by Gasteiger charge is -2.09. The summed E-state index contributed by atoms with van der Waals surface area (Å²) < 4.78 is 4.68. The van der Waals surface area contributed by atoms with Crippen LogP contribution in [0.5, 0.6) is 0 Å². The first-order chi connectivity index (χ1) is 6.02. The Morgan fingerprint density at radius 2 is 1.69 bits per heavy atom. The molecule has 0 aromatic carbocycles. The van der Waals surface area contributed by atoms with Gasteiger partial charge in [-0.3, -0.25) is 0 Å². The minimum atomic E-state index is -1.65. The van der Waals surface area contributed by atoms with Crippen LogP contribution in [0.15, 0.2) is 12.1 Å². The fourth-order valence-electron chi connectivity index (χ4n) is 1.05. The zero-order valence-corrected chi connectivity index (χ0v) is 6.69. The first-order valence-corrected chi connectivity index (χ1v) is 3.76. The lowest BCUT2D eigenvalue weighted by molar-refractivity contribution is -0.120. The summed E-state index contributed by atoms with van der Waals surface area (Å²) in [4.78, 5) is 0. The molecule has 1 saturated heterocycles. The van der Waals surface area contributed by atoms with E-state index >= 15 is 0 Å². The molecule has 0 aromatic rings. The van der Waals surface area contributed by atoms with E-state index in [9.17, 15) is 5.11 Å². The van der Waals surface area contributed by atoms with Crippen molar-refractivity contribution in [2.24, 2.45) is 0 Å². The molecule has 0 saturated carbocycles. The molecule has 1 rings (SSSR count). The number of hydrogen-bond acceptors (Lipinski definition) is 6. The van der Waals surface area contributed by atoms with Gasteiger partial charge in [-0.05, 0) is 0 Å². The maximum Gasteiger partial charge on any atom is 0.480 e. The molecule has 1 aliphatic rings. The number of ether oxygens (including phenoxy) is 1. The molecule has 74 valence electrons. The molecule has 0 aliphatic carbocycles. The molecule has 0 bridgehead atoms. The second-order valence-corrected chi connectivity index (χ2v) is 2.77. The molecular formula is C6H11BO6. The van der Waals surface area contributed by atoms with Crippen molar-refractivity contribution >= 4 is 7.12 Å². The van der Waals surface area contributed by atoms with Gasteiger partial charge in [0, 0.05) is 0 Å². The van der Waals surface area contributed by atoms with E-state index in [-0.39, 0.29) is 0 Å². The molecule has 1 unspecified atom stereocenters. The summed E-state index contributed by atoms with van der Waals surface area (Å²) in [6.07, 6.45) is -3.84. The normalized spacial score (nSPS) is 40.1. The van der Waals surface area contributed by atoms with Gasteiger partial charge in [-0.25, -0.2) is 0 Å². The Morgan fingerprint density at radius 1 is 1.08 bits per heavy atom. The van der Waals surface area contributed by atoms with E-state index in [2.05, 4.69) is 4.74 Å². The first-order valence-electron chi connectivity index (χ1n) is 3.76. The SMILES string of the molecule is OB(O)/C=C\[C@H]1OC(O)[C@H](O)[C@@H]1O. The highest BCUT2D eigenvalue weighted by molar-refractivity contribution is 6.47. The van der Waals surface area contributed by atoms with Crippen LogP contribution in [0.2, 0.25) is 0 Å². The highest BCUT2D eigenvalue weighted by Gasteiger charge is 2.40. The molecular weight excluding hydrogens is 179 g/mol. The molecule has 0 radical (unpaired) electrons. The lowest BCUT2D eigenvalue weighted by Crippen LogP contribution is -2.31. The summed E-state index contributed by atoms with van der Waals surface area (Å²) in [6, 6.07) is 0. The Bertz CT molecular complexity index is 196. The second kappa shape index (κ2) is 4.18. The van der Waals surface area contributed by atoms with Gasteiger partial charge in [-0.1, -0.05) is 12.1 Å². The van der Waals surface area contributed by atoms with Gasteiger partial charge in [0.15, 0.2) is 6.29 Å². The Morgan fingerprint density at radius 3 is 2.08 bits per heavy atom. The van der Waals surface area contributed by atoms with Crippen molar-refractivity contribution in [3.8, 4) is 0 Å². The van der Waals surface area contributed by atoms with Crippen molar-refractivity contribution in [1.82, 2.24) is 0 Å². The number of aliphatic hydroxyl groups excluding tert-OH is 3. The molecule has 13 heavy (non-hydrogen) atoms. The molecule has 0 spiro atoms. The van der Waals surface area contributed by atoms with Gasteiger partial charge < -0.3 is 30.1 Å². The van der Waals surface area contributed by atoms with Crippen LogP contribution in [-0.4, -0.2) is 57.1 Å². The largest absolute Gasteiger partial charge is 0.480 e. The molecule has 1 aliphatic heterocycles. The summed E-state index contributed by atoms with van der Waals surface area (Å²) in [5.74, 6) is 0.971. The standard InChI is InChI=1S/C6H11BO6/c8-4-3(1-2-7(11)12)13-6(10)5(4)9/h1-6,8-12H/b2-1-/t3-,4-,5-,6?/m1/s1. The van der Waals surface area contributed by atoms with Crippen molar-refractivity contribution in [3.63, 3.8) is 0 Å². The van der Waals surface area contributed by atoms with Crippen LogP contribution in [0.3, 0.4) is 0 Å². The van der Waals surface area contributed by atoms with Gasteiger partial charge in [0.1, 0.15) is 18.3 Å². The highest BCUT2D eigenvalue weighted by atomic mass is 16.6. The summed E-state index contributed by atoms with van der Waals surface area (Å²) in [7, 11) is -1.65. The molecule has 0 aromatic heterocycles. The zero-order valence-electron chi connectivity index (χ0n) is 6.69. The molecule has 5 N–H and O–H groups in total. The predicted molar refractivity (Wildman–Crippen MR) is 42.2 cm³/mol. The zero-order chi connectivity index (χ0) is 10.0. The van der Waals surface area contributed by atoms with Crippen molar-refractivity contribution in [3.05, 3.63) is 12.1 Å². The maximum atomic E-state index is 9.19. The van der Waals surface area contributed by atoms with Crippen molar-refractivity contribution in [1.29, 1.82) is 0 Å². The second-order valence-electron chi connectivity index (χ2n) is 2.77. The molecule has 4 atom stereocenters. The number of rotatable bonds is 2. The average molecular weight is 190 g/mol. The van der Waals surface area contributed by atoms with Crippen LogP contribution >= 0.6 is 0 Å². The summed E-state index contributed by atoms with van der Waals surface area (Å²) in [5, 5.41) is 44.0. The summed E-state index contributed by atoms with van der Waals surface area (Å²) >= 11 is 0. The van der Waals surface area contributed by atoms with Crippen LogP contribution in [-0.2, 0) is 4.74 Å². The van der Waals surface area contributed by atoms with E-state index in [0.29, 0.717) is 0 Å². The lowest BCUT2D eigenvalue weighted by atomic mass is 9.90. The minimum Gasteiger partial charge on any atom is -0.424 e. The highest BCUT2D eigenvalue weighted by Crippen LogP contribution is 2.20. The van der Waals surface area contributed by atoms with Gasteiger partial charge in [-0.2, -0.15) is 0 Å².